The molecule has 0 fully saturated rings. The van der Waals surface area contributed by atoms with Gasteiger partial charge in [0.15, 0.2) is 0 Å². The molecule has 7 rings (SSSR count). The maximum absolute atomic E-state index is 11.5. The second-order valence-electron chi connectivity index (χ2n) is 29.6. The molecule has 0 aromatic heterocycles. The van der Waals surface area contributed by atoms with Gasteiger partial charge in [-0.3, -0.25) is 14.4 Å². The molecule has 0 spiro atoms. The van der Waals surface area contributed by atoms with Crippen LogP contribution in [0.3, 0.4) is 0 Å². The zero-order chi connectivity index (χ0) is 76.7. The molecule has 0 unspecified atom stereocenters. The van der Waals surface area contributed by atoms with Crippen molar-refractivity contribution in [2.45, 2.75) is 283 Å². The van der Waals surface area contributed by atoms with Crippen LogP contribution >= 0.6 is 0 Å². The van der Waals surface area contributed by atoms with Crippen molar-refractivity contribution in [3.8, 4) is 0 Å². The Kier molecular flexibility index (Phi) is 47.9. The Morgan fingerprint density at radius 2 is 0.539 bits per heavy atom. The van der Waals surface area contributed by atoms with Crippen molar-refractivity contribution in [3.63, 3.8) is 0 Å². The van der Waals surface area contributed by atoms with Crippen molar-refractivity contribution in [2.75, 3.05) is 20.7 Å². The predicted octanol–water partition coefficient (Wildman–Crippen LogP) is 24.0. The number of carbonyl (C=O) groups excluding carboxylic acids is 6. The molecular weight excluding hydrogens is 1260 g/mol. The van der Waals surface area contributed by atoms with Crippen LogP contribution in [-0.2, 0) is 78.4 Å². The van der Waals surface area contributed by atoms with Crippen LogP contribution in [0.15, 0.2) is 170 Å². The fraction of sp³-hybridized carbons (Fsp3) is 0.489. The molecule has 7 aromatic rings. The Morgan fingerprint density at radius 3 is 0.745 bits per heavy atom. The predicted molar refractivity (Wildman–Crippen MR) is 435 cm³/mol. The quantitative estimate of drug-likeness (QED) is 0.0325. The lowest BCUT2D eigenvalue weighted by molar-refractivity contribution is -0.141. The van der Waals surface area contributed by atoms with E-state index in [4.69, 9.17) is 4.74 Å². The third-order valence-electron chi connectivity index (χ3n) is 17.6. The van der Waals surface area contributed by atoms with E-state index in [9.17, 15) is 28.8 Å². The minimum Gasteiger partial charge on any atom is -0.466 e. The van der Waals surface area contributed by atoms with E-state index >= 15 is 0 Å². The van der Waals surface area contributed by atoms with Crippen molar-refractivity contribution in [1.29, 1.82) is 0 Å². The highest BCUT2D eigenvalue weighted by molar-refractivity contribution is 5.78. The van der Waals surface area contributed by atoms with Crippen LogP contribution in [0.1, 0.15) is 316 Å². The Labute approximate surface area is 621 Å². The molecule has 0 radical (unpaired) electrons. The standard InChI is InChI=1S/C14H21NO.C14H20O2.C14H20O.3C13H18O.C13H20/c1-11(2)13-7-5-6-12(10-13)8-9-14(16)15(3)4;1-11(2)14-8-4-6-13(10-14)7-5-9-16-12(3)15;1-4-14(15)9-8-12-6-5-7-13(10-12)11(2)3;3*1-10(2)13-6-4-5-12(9-13)8-7-11(3)14;1-4-5-7-12-8-6-9-13(10-12)11(2)3/h5-7,10-11H,8-9H2,1-4H3;4,6,8,10-11H,5,7,9H2,1-3H3;5-7,10-11H,4,8-9H2,1-3H3;3*4-6,9-10H,7-8H2,1-3H3;6,8-11H,4-5,7H2,1-3H3. The highest BCUT2D eigenvalue weighted by Gasteiger charge is 2.09. The number of carbonyl (C=O) groups is 6. The summed E-state index contributed by atoms with van der Waals surface area (Å²) in [5.74, 6) is 5.15. The molecule has 0 N–H and O–H groups in total. The number of ketones is 4. The van der Waals surface area contributed by atoms with Crippen molar-refractivity contribution in [2.24, 2.45) is 0 Å². The Hall–Kier alpha value is -7.84. The maximum atomic E-state index is 11.5. The lowest BCUT2D eigenvalue weighted by Crippen LogP contribution is -2.21. The topological polar surface area (TPSA) is 115 Å². The average molecular weight is 1390 g/mol. The summed E-state index contributed by atoms with van der Waals surface area (Å²) in [7, 11) is 3.60. The summed E-state index contributed by atoms with van der Waals surface area (Å²) in [6, 6.07) is 60.2. The van der Waals surface area contributed by atoms with E-state index < -0.39 is 0 Å². The van der Waals surface area contributed by atoms with Gasteiger partial charge in [-0.25, -0.2) is 0 Å². The first-order chi connectivity index (χ1) is 48.2. The Morgan fingerprint density at radius 1 is 0.314 bits per heavy atom. The van der Waals surface area contributed by atoms with E-state index in [0.29, 0.717) is 92.3 Å². The lowest BCUT2D eigenvalue weighted by atomic mass is 9.98. The number of hydrogen-bond donors (Lipinski definition) is 0. The smallest absolute Gasteiger partial charge is 0.302 e. The molecule has 1 amide bonds. The SMILES string of the molecule is CC(=O)CCc1cccc(C(C)C)c1.CC(=O)CCc1cccc(C(C)C)c1.CC(=O)CCc1cccc(C(C)C)c1.CC(=O)OCCCc1cccc(C(C)C)c1.CC(C)c1cccc(CCC(=O)N(C)C)c1.CCC(=O)CCc1cccc(C(C)C)c1.CCCCc1cccc(C(C)C)c1. The minimum absolute atomic E-state index is 0.190. The van der Waals surface area contributed by atoms with Gasteiger partial charge in [0.1, 0.15) is 23.1 Å². The van der Waals surface area contributed by atoms with E-state index in [1.54, 1.807) is 39.8 Å². The van der Waals surface area contributed by atoms with E-state index in [1.165, 1.54) is 104 Å². The fourth-order valence-corrected chi connectivity index (χ4v) is 10.5. The van der Waals surface area contributed by atoms with Crippen LogP contribution in [0.4, 0.5) is 0 Å². The number of benzene rings is 7. The maximum Gasteiger partial charge on any atom is 0.302 e. The van der Waals surface area contributed by atoms with Gasteiger partial charge in [-0.05, 0) is 198 Å². The van der Waals surface area contributed by atoms with Crippen molar-refractivity contribution >= 4 is 35.0 Å². The van der Waals surface area contributed by atoms with E-state index in [-0.39, 0.29) is 29.2 Å². The number of ether oxygens (including phenoxy) is 1. The first-order valence-corrected chi connectivity index (χ1v) is 38.2. The molecule has 0 bridgehead atoms. The summed E-state index contributed by atoms with van der Waals surface area (Å²) < 4.78 is 4.90. The molecule has 0 aliphatic rings. The molecule has 102 heavy (non-hydrogen) atoms. The van der Waals surface area contributed by atoms with Crippen LogP contribution in [0.25, 0.3) is 0 Å². The number of rotatable bonds is 30. The second kappa shape index (κ2) is 53.0. The summed E-state index contributed by atoms with van der Waals surface area (Å²) in [4.78, 5) is 67.4. The summed E-state index contributed by atoms with van der Waals surface area (Å²) in [6.45, 7) is 41.8. The van der Waals surface area contributed by atoms with Gasteiger partial charge in [-0.2, -0.15) is 0 Å². The van der Waals surface area contributed by atoms with E-state index in [0.717, 1.165) is 44.9 Å². The van der Waals surface area contributed by atoms with Crippen LogP contribution in [0.5, 0.6) is 0 Å². The highest BCUT2D eigenvalue weighted by Crippen LogP contribution is 2.23. The number of esters is 1. The van der Waals surface area contributed by atoms with Crippen LogP contribution in [-0.4, -0.2) is 60.6 Å². The number of unbranched alkanes of at least 4 members (excludes halogenated alkanes) is 1. The summed E-state index contributed by atoms with van der Waals surface area (Å²) >= 11 is 0. The van der Waals surface area contributed by atoms with Gasteiger partial charge in [-0.15, -0.1) is 0 Å². The number of nitrogens with zero attached hydrogens (tertiary/aromatic N) is 1. The first kappa shape index (κ1) is 92.2. The normalized spacial score (nSPS) is 10.6. The van der Waals surface area contributed by atoms with Crippen molar-refractivity contribution in [3.05, 3.63) is 248 Å². The molecule has 7 aromatic carbocycles. The lowest BCUT2D eigenvalue weighted by Gasteiger charge is -2.11. The molecule has 8 heteroatoms. The molecule has 0 saturated heterocycles. The van der Waals surface area contributed by atoms with E-state index in [2.05, 4.69) is 274 Å². The molecule has 0 heterocycles. The van der Waals surface area contributed by atoms with Gasteiger partial charge < -0.3 is 24.0 Å². The summed E-state index contributed by atoms with van der Waals surface area (Å²) in [6.07, 6.45) is 13.9. The van der Waals surface area contributed by atoms with Crippen LogP contribution in [0, 0.1) is 0 Å². The summed E-state index contributed by atoms with van der Waals surface area (Å²) in [5, 5.41) is 0. The van der Waals surface area contributed by atoms with Gasteiger partial charge >= 0.3 is 5.97 Å². The van der Waals surface area contributed by atoms with Crippen molar-refractivity contribution in [1.82, 2.24) is 4.90 Å². The fourth-order valence-electron chi connectivity index (χ4n) is 10.5. The van der Waals surface area contributed by atoms with E-state index in [1.807, 2.05) is 6.92 Å². The second-order valence-corrected chi connectivity index (χ2v) is 29.6. The Balaban J connectivity index is 0.000000596. The molecular formula is C94H135NO7. The van der Waals surface area contributed by atoms with Gasteiger partial charge in [-0.1, -0.05) is 287 Å². The number of amides is 1. The van der Waals surface area contributed by atoms with Crippen LogP contribution < -0.4 is 0 Å². The monoisotopic (exact) mass is 1390 g/mol. The average Bonchev–Trinajstić information content (AvgIpc) is 0.950. The number of Topliss-reactive ketones (excluding diaryl/α,β-unsaturated/α-hetero) is 4. The zero-order valence-electron chi connectivity index (χ0n) is 67.5. The van der Waals surface area contributed by atoms with Crippen LogP contribution in [0.2, 0.25) is 0 Å². The molecule has 0 saturated carbocycles. The number of hydrogen-bond acceptors (Lipinski definition) is 7. The number of aryl methyl sites for hydroxylation is 7. The molecule has 8 nitrogen and oxygen atoms in total. The largest absolute Gasteiger partial charge is 0.466 e. The van der Waals surface area contributed by atoms with Gasteiger partial charge in [0, 0.05) is 59.5 Å². The zero-order valence-corrected chi connectivity index (χ0v) is 67.5. The van der Waals surface area contributed by atoms with Gasteiger partial charge in [0.25, 0.3) is 0 Å². The first-order valence-electron chi connectivity index (χ1n) is 38.2. The van der Waals surface area contributed by atoms with Gasteiger partial charge in [0.2, 0.25) is 5.91 Å². The van der Waals surface area contributed by atoms with Crippen molar-refractivity contribution < 1.29 is 33.5 Å². The summed E-state index contributed by atoms with van der Waals surface area (Å²) in [5.41, 5.74) is 18.7. The van der Waals surface area contributed by atoms with Gasteiger partial charge in [0.05, 0.1) is 6.61 Å². The molecule has 558 valence electrons. The molecule has 0 atom stereocenters. The third kappa shape index (κ3) is 43.8. The highest BCUT2D eigenvalue weighted by atomic mass is 16.5. The Bertz CT molecular complexity index is 3350. The molecule has 0 aliphatic carbocycles. The molecule has 0 aliphatic heterocycles. The minimum atomic E-state index is -0.198. The third-order valence-corrected chi connectivity index (χ3v) is 17.6.